The third kappa shape index (κ3) is 24.7. The van der Waals surface area contributed by atoms with E-state index in [4.69, 9.17) is 9.59 Å². The Morgan fingerprint density at radius 2 is 2.08 bits per heavy atom. The van der Waals surface area contributed by atoms with E-state index in [9.17, 15) is 0 Å². The summed E-state index contributed by atoms with van der Waals surface area (Å²) in [5, 5.41) is 0. The maximum absolute atomic E-state index is 9.02. The Bertz CT molecular complexity index is 230. The first-order valence-electron chi connectivity index (χ1n) is 3.18. The minimum atomic E-state index is -0.222. The number of allylic oxidation sites excluding steroid dienone is 4. The summed E-state index contributed by atoms with van der Waals surface area (Å²) in [6.07, 6.45) is 10.0. The first-order chi connectivity index (χ1) is 6.33. The summed E-state index contributed by atoms with van der Waals surface area (Å²) in [7, 11) is 4.50. The molecular weight excluding hydrogens is 212 g/mol. The average Bonchev–Trinajstić information content (AvgIpc) is 2.64. The fourth-order valence-electron chi connectivity index (χ4n) is 0.355. The minimum Gasteiger partial charge on any atom is -0.557 e. The number of rotatable bonds is 0. The van der Waals surface area contributed by atoms with Crippen molar-refractivity contribution in [1.29, 1.82) is 0 Å². The van der Waals surface area contributed by atoms with Gasteiger partial charge in [-0.3, -0.25) is 6.08 Å². The van der Waals surface area contributed by atoms with Crippen LogP contribution in [0.1, 0.15) is 6.42 Å². The molecule has 0 atom stereocenters. The van der Waals surface area contributed by atoms with Gasteiger partial charge in [0.05, 0.1) is 0 Å². The molecule has 0 radical (unpaired) electrons. The van der Waals surface area contributed by atoms with Crippen LogP contribution in [-0.2, 0) is 28.4 Å². The number of hydrogen-bond donors (Lipinski definition) is 0. The van der Waals surface area contributed by atoms with Crippen LogP contribution < -0.4 is 0 Å². The summed E-state index contributed by atoms with van der Waals surface area (Å²) in [4.78, 5) is 20.7. The summed E-state index contributed by atoms with van der Waals surface area (Å²) in [6, 6.07) is 0. The predicted molar refractivity (Wildman–Crippen MR) is 45.3 cm³/mol. The molecule has 1 rings (SSSR count). The Morgan fingerprint density at radius 1 is 1.54 bits per heavy atom. The molecule has 0 spiro atoms. The summed E-state index contributed by atoms with van der Waals surface area (Å²) in [5.74, 6) is 0. The second kappa shape index (κ2) is 17.3. The summed E-state index contributed by atoms with van der Waals surface area (Å²) < 4.78 is 4.00. The molecule has 74 valence electrons. The van der Waals surface area contributed by atoms with E-state index in [1.54, 1.807) is 0 Å². The van der Waals surface area contributed by atoms with Gasteiger partial charge in [0.2, 0.25) is 0 Å². The molecule has 0 fully saturated rings. The quantitative estimate of drug-likeness (QED) is 0.452. The topological polar surface area (TPSA) is 43.4 Å². The number of ether oxygens (including phenoxy) is 1. The third-order valence-corrected chi connectivity index (χ3v) is 0.883. The van der Waals surface area contributed by atoms with E-state index in [-0.39, 0.29) is 14.1 Å². The van der Waals surface area contributed by atoms with Crippen LogP contribution in [0, 0.1) is 13.2 Å². The second-order valence-corrected chi connectivity index (χ2v) is 2.25. The molecule has 0 aromatic rings. The van der Waals surface area contributed by atoms with Gasteiger partial charge in [0, 0.05) is 0 Å². The normalized spacial score (nSPS) is 10.0. The zero-order chi connectivity index (χ0) is 10.4. The fraction of sp³-hybridized carbons (Fsp3) is 0.222. The minimum absolute atomic E-state index is 0.222. The van der Waals surface area contributed by atoms with Crippen LogP contribution in [-0.4, -0.2) is 16.7 Å². The SMILES string of the molecule is O=[C]=[Fe]=[C]=O.[C-]1=CC=CC1.[CH2-]OC. The molecule has 0 aliphatic heterocycles. The monoisotopic (exact) mass is 222 g/mol. The van der Waals surface area contributed by atoms with E-state index in [0.29, 0.717) is 0 Å². The van der Waals surface area contributed by atoms with Crippen LogP contribution >= 0.6 is 0 Å². The number of carbonyl (C=O) groups excluding carboxylic acids is 2. The molecule has 4 heteroatoms. The summed E-state index contributed by atoms with van der Waals surface area (Å²) in [5.41, 5.74) is 0. The molecule has 3 nitrogen and oxygen atoms in total. The smallest absolute Gasteiger partial charge is 0.00107 e. The Morgan fingerprint density at radius 3 is 2.15 bits per heavy atom. The van der Waals surface area contributed by atoms with Crippen molar-refractivity contribution in [3.05, 3.63) is 31.4 Å². The zero-order valence-corrected chi connectivity index (χ0v) is 8.33. The molecule has 0 bridgehead atoms. The van der Waals surface area contributed by atoms with Crippen molar-refractivity contribution in [1.82, 2.24) is 0 Å². The van der Waals surface area contributed by atoms with Gasteiger partial charge in [-0.05, 0) is 7.11 Å². The van der Waals surface area contributed by atoms with Gasteiger partial charge in [-0.25, -0.2) is 19.3 Å². The van der Waals surface area contributed by atoms with Crippen molar-refractivity contribution in [3.63, 3.8) is 0 Å². The summed E-state index contributed by atoms with van der Waals surface area (Å²) >= 11 is -0.222. The Kier molecular flexibility index (Phi) is 19.4. The molecule has 1 aliphatic carbocycles. The van der Waals surface area contributed by atoms with Crippen LogP contribution in [0.15, 0.2) is 18.2 Å². The molecule has 0 unspecified atom stereocenters. The van der Waals surface area contributed by atoms with Gasteiger partial charge in [0.15, 0.2) is 0 Å². The molecule has 0 N–H and O–H groups in total. The van der Waals surface area contributed by atoms with Gasteiger partial charge in [0.25, 0.3) is 0 Å². The molecule has 0 saturated heterocycles. The molecule has 0 aromatic carbocycles. The zero-order valence-electron chi connectivity index (χ0n) is 7.22. The Balaban J connectivity index is 0. The molecule has 1 aliphatic rings. The molecule has 13 heavy (non-hydrogen) atoms. The molecule has 0 heterocycles. The average molecular weight is 222 g/mol. The van der Waals surface area contributed by atoms with Crippen LogP contribution in [0.4, 0.5) is 0 Å². The maximum atomic E-state index is 9.02. The van der Waals surface area contributed by atoms with Crippen molar-refractivity contribution in [2.45, 2.75) is 6.42 Å². The van der Waals surface area contributed by atoms with Crippen molar-refractivity contribution >= 4 is 9.57 Å². The third-order valence-electron chi connectivity index (χ3n) is 0.658. The molecule has 0 amide bonds. The fourth-order valence-corrected chi connectivity index (χ4v) is 0.401. The van der Waals surface area contributed by atoms with Crippen LogP contribution in [0.5, 0.6) is 0 Å². The molecular formula is C9H10FeO3-2. The van der Waals surface area contributed by atoms with E-state index >= 15 is 0 Å². The first kappa shape index (κ1) is 14.6. The van der Waals surface area contributed by atoms with Gasteiger partial charge >= 0.3 is 33.2 Å². The van der Waals surface area contributed by atoms with Gasteiger partial charge < -0.3 is 4.74 Å². The van der Waals surface area contributed by atoms with Gasteiger partial charge in [0.1, 0.15) is 0 Å². The number of methoxy groups -OCH3 is 1. The van der Waals surface area contributed by atoms with E-state index in [1.807, 2.05) is 12.2 Å². The Labute approximate surface area is 83.3 Å². The van der Waals surface area contributed by atoms with Crippen molar-refractivity contribution < 1.29 is 28.4 Å². The second-order valence-electron chi connectivity index (χ2n) is 1.52. The van der Waals surface area contributed by atoms with E-state index < -0.39 is 0 Å². The first-order valence-corrected chi connectivity index (χ1v) is 4.28. The summed E-state index contributed by atoms with van der Waals surface area (Å²) in [6.45, 7) is 0. The van der Waals surface area contributed by atoms with Crippen molar-refractivity contribution in [3.8, 4) is 0 Å². The van der Waals surface area contributed by atoms with Gasteiger partial charge in [-0.1, -0.05) is 0 Å². The molecule has 0 aromatic heterocycles. The van der Waals surface area contributed by atoms with Gasteiger partial charge in [-0.15, -0.1) is 6.42 Å². The molecule has 0 saturated carbocycles. The Hall–Kier alpha value is -0.881. The van der Waals surface area contributed by atoms with E-state index in [2.05, 4.69) is 24.0 Å². The van der Waals surface area contributed by atoms with Gasteiger partial charge in [-0.2, -0.15) is 6.08 Å². The van der Waals surface area contributed by atoms with Crippen molar-refractivity contribution in [2.75, 3.05) is 7.11 Å². The number of hydrogen-bond acceptors (Lipinski definition) is 3. The van der Waals surface area contributed by atoms with E-state index in [1.165, 1.54) is 16.7 Å². The van der Waals surface area contributed by atoms with Crippen LogP contribution in [0.3, 0.4) is 0 Å². The predicted octanol–water partition coefficient (Wildman–Crippen LogP) is 0.933. The van der Waals surface area contributed by atoms with Crippen LogP contribution in [0.2, 0.25) is 0 Å². The van der Waals surface area contributed by atoms with Crippen molar-refractivity contribution in [2.24, 2.45) is 0 Å². The van der Waals surface area contributed by atoms with Crippen LogP contribution in [0.25, 0.3) is 0 Å². The standard InChI is InChI=1S/C5H5.C2H5O.2CO.Fe/c1-2-4-5-3-1;1-3-2;2*1-2;/h1-3H,4H2;1H2,2H3;;;/q2*-1;;;. The largest absolute Gasteiger partial charge is 0.557 e. The maximum Gasteiger partial charge on any atom is -0.00107 e. The van der Waals surface area contributed by atoms with E-state index in [0.717, 1.165) is 6.42 Å².